The average molecular weight is 359 g/mol. The number of hydrogen-bond donors (Lipinski definition) is 0. The van der Waals surface area contributed by atoms with Crippen LogP contribution in [0.1, 0.15) is 47.3 Å². The third-order valence-corrected chi connectivity index (χ3v) is 3.96. The van der Waals surface area contributed by atoms with Crippen molar-refractivity contribution < 1.29 is 23.8 Å². The van der Waals surface area contributed by atoms with Gasteiger partial charge in [0.25, 0.3) is 0 Å². The molecule has 140 valence electrons. The summed E-state index contributed by atoms with van der Waals surface area (Å²) >= 11 is 0. The number of nitrogens with zero attached hydrogens (tertiary/aromatic N) is 1. The topological polar surface area (TPSA) is 66.8 Å². The molecule has 0 atom stereocenters. The third-order valence-electron chi connectivity index (χ3n) is 3.96. The van der Waals surface area contributed by atoms with Crippen molar-refractivity contribution in [3.63, 3.8) is 0 Å². The highest BCUT2D eigenvalue weighted by Crippen LogP contribution is 2.34. The number of benzene rings is 1. The maximum atomic E-state index is 12.7. The van der Waals surface area contributed by atoms with Gasteiger partial charge in [0.15, 0.2) is 0 Å². The van der Waals surface area contributed by atoms with Gasteiger partial charge in [-0.3, -0.25) is 0 Å². The second-order valence-electron chi connectivity index (χ2n) is 5.54. The maximum Gasteiger partial charge on any atom is 0.355 e. The molecule has 2 rings (SSSR count). The first kappa shape index (κ1) is 19.7. The van der Waals surface area contributed by atoms with Gasteiger partial charge in [0, 0.05) is 17.9 Å². The van der Waals surface area contributed by atoms with Gasteiger partial charge >= 0.3 is 11.9 Å². The lowest BCUT2D eigenvalue weighted by molar-refractivity contribution is 0.0469. The fourth-order valence-electron chi connectivity index (χ4n) is 2.83. The van der Waals surface area contributed by atoms with E-state index in [-0.39, 0.29) is 19.9 Å². The van der Waals surface area contributed by atoms with Gasteiger partial charge in [-0.2, -0.15) is 0 Å². The monoisotopic (exact) mass is 359 g/mol. The Hall–Kier alpha value is -2.60. The van der Waals surface area contributed by atoms with Crippen LogP contribution in [0.4, 0.5) is 0 Å². The summed E-state index contributed by atoms with van der Waals surface area (Å²) in [5.74, 6) is -0.964. The molecule has 0 fully saturated rings. The molecular weight excluding hydrogens is 334 g/mol. The minimum atomic E-state index is -0.496. The second kappa shape index (κ2) is 9.20. The molecule has 1 aromatic heterocycles. The molecule has 2 aromatic rings. The highest BCUT2D eigenvalue weighted by atomic mass is 16.5. The predicted molar refractivity (Wildman–Crippen MR) is 98.1 cm³/mol. The number of carbonyl (C=O) groups is 2. The first-order valence-corrected chi connectivity index (χ1v) is 8.77. The molecule has 0 N–H and O–H groups in total. The molecule has 0 unspecified atom stereocenters. The molecule has 0 aliphatic carbocycles. The molecule has 1 heterocycles. The molecule has 6 nitrogen and oxygen atoms in total. The first-order valence-electron chi connectivity index (χ1n) is 8.77. The van der Waals surface area contributed by atoms with Crippen molar-refractivity contribution in [2.24, 2.45) is 0 Å². The van der Waals surface area contributed by atoms with E-state index in [9.17, 15) is 9.59 Å². The van der Waals surface area contributed by atoms with E-state index < -0.39 is 11.9 Å². The Morgan fingerprint density at radius 3 is 2.12 bits per heavy atom. The number of aromatic nitrogens is 1. The summed E-state index contributed by atoms with van der Waals surface area (Å²) in [6, 6.07) is 9.29. The van der Waals surface area contributed by atoms with Crippen LogP contribution in [-0.4, -0.2) is 36.3 Å². The molecule has 0 aliphatic heterocycles. The predicted octanol–water partition coefficient (Wildman–Crippen LogP) is 3.81. The SMILES string of the molecule is CCOCn1c(C)c(C(=O)OCC)c(-c2ccccc2)c1C(=O)OCC. The smallest absolute Gasteiger partial charge is 0.355 e. The van der Waals surface area contributed by atoms with Crippen LogP contribution in [0.25, 0.3) is 11.1 Å². The van der Waals surface area contributed by atoms with Gasteiger partial charge in [0.2, 0.25) is 0 Å². The molecular formula is C20H25NO5. The minimum absolute atomic E-state index is 0.149. The van der Waals surface area contributed by atoms with Crippen molar-refractivity contribution in [3.8, 4) is 11.1 Å². The standard InChI is InChI=1S/C20H25NO5/c1-5-24-13-21-14(4)16(19(22)25-6-2)17(15-11-9-8-10-12-15)18(21)20(23)26-7-3/h8-12H,5-7,13H2,1-4H3. The third kappa shape index (κ3) is 3.96. The van der Waals surface area contributed by atoms with Crippen LogP contribution in [-0.2, 0) is 20.9 Å². The van der Waals surface area contributed by atoms with Crippen molar-refractivity contribution in [2.45, 2.75) is 34.4 Å². The first-order chi connectivity index (χ1) is 12.6. The van der Waals surface area contributed by atoms with E-state index in [1.165, 1.54) is 0 Å². The van der Waals surface area contributed by atoms with Crippen LogP contribution >= 0.6 is 0 Å². The van der Waals surface area contributed by atoms with Gasteiger partial charge in [-0.1, -0.05) is 30.3 Å². The van der Waals surface area contributed by atoms with Crippen molar-refractivity contribution in [2.75, 3.05) is 19.8 Å². The summed E-state index contributed by atoms with van der Waals surface area (Å²) in [7, 11) is 0. The van der Waals surface area contributed by atoms with E-state index in [0.29, 0.717) is 29.1 Å². The fourth-order valence-corrected chi connectivity index (χ4v) is 2.83. The Bertz CT molecular complexity index is 764. The van der Waals surface area contributed by atoms with Gasteiger partial charge in [0.1, 0.15) is 12.4 Å². The Morgan fingerprint density at radius 1 is 0.923 bits per heavy atom. The zero-order valence-corrected chi connectivity index (χ0v) is 15.7. The summed E-state index contributed by atoms with van der Waals surface area (Å²) in [5.41, 5.74) is 2.53. The summed E-state index contributed by atoms with van der Waals surface area (Å²) < 4.78 is 17.7. The van der Waals surface area contributed by atoms with Crippen molar-refractivity contribution >= 4 is 11.9 Å². The summed E-state index contributed by atoms with van der Waals surface area (Å²) in [6.07, 6.45) is 0. The Labute approximate surface area is 153 Å². The van der Waals surface area contributed by atoms with Crippen molar-refractivity contribution in [3.05, 3.63) is 47.3 Å². The summed E-state index contributed by atoms with van der Waals surface area (Å²) in [5, 5.41) is 0. The van der Waals surface area contributed by atoms with Gasteiger partial charge in [0.05, 0.1) is 18.8 Å². The Kier molecular flexibility index (Phi) is 6.97. The molecule has 0 aliphatic rings. The van der Waals surface area contributed by atoms with E-state index in [0.717, 1.165) is 5.56 Å². The zero-order chi connectivity index (χ0) is 19.1. The van der Waals surface area contributed by atoms with Crippen molar-refractivity contribution in [1.29, 1.82) is 0 Å². The van der Waals surface area contributed by atoms with Crippen molar-refractivity contribution in [1.82, 2.24) is 4.57 Å². The summed E-state index contributed by atoms with van der Waals surface area (Å²) in [6.45, 7) is 8.26. The van der Waals surface area contributed by atoms with Crippen LogP contribution < -0.4 is 0 Å². The highest BCUT2D eigenvalue weighted by Gasteiger charge is 2.31. The number of hydrogen-bond acceptors (Lipinski definition) is 5. The van der Waals surface area contributed by atoms with Crippen LogP contribution in [0.5, 0.6) is 0 Å². The van der Waals surface area contributed by atoms with Gasteiger partial charge in [-0.05, 0) is 33.3 Å². The molecule has 0 saturated carbocycles. The van der Waals surface area contributed by atoms with E-state index >= 15 is 0 Å². The fraction of sp³-hybridized carbons (Fsp3) is 0.400. The van der Waals surface area contributed by atoms with Crippen LogP contribution in [0.3, 0.4) is 0 Å². The van der Waals surface area contributed by atoms with Gasteiger partial charge in [-0.15, -0.1) is 0 Å². The van der Waals surface area contributed by atoms with E-state index in [1.54, 1.807) is 25.3 Å². The number of rotatable bonds is 8. The zero-order valence-electron chi connectivity index (χ0n) is 15.7. The maximum absolute atomic E-state index is 12.7. The molecule has 1 aromatic carbocycles. The lowest BCUT2D eigenvalue weighted by atomic mass is 10.00. The normalized spacial score (nSPS) is 10.6. The molecule has 0 saturated heterocycles. The molecule has 6 heteroatoms. The van der Waals surface area contributed by atoms with E-state index in [2.05, 4.69) is 0 Å². The lowest BCUT2D eigenvalue weighted by Crippen LogP contribution is -2.15. The summed E-state index contributed by atoms with van der Waals surface area (Å²) in [4.78, 5) is 25.4. The quantitative estimate of drug-likeness (QED) is 0.671. The molecule has 0 bridgehead atoms. The lowest BCUT2D eigenvalue weighted by Gasteiger charge is -2.12. The average Bonchev–Trinajstić information content (AvgIpc) is 2.93. The Balaban J connectivity index is 2.77. The van der Waals surface area contributed by atoms with Gasteiger partial charge < -0.3 is 18.8 Å². The van der Waals surface area contributed by atoms with E-state index in [4.69, 9.17) is 14.2 Å². The Morgan fingerprint density at radius 2 is 1.54 bits per heavy atom. The second-order valence-corrected chi connectivity index (χ2v) is 5.54. The molecule has 0 spiro atoms. The number of carbonyl (C=O) groups excluding carboxylic acids is 2. The molecule has 0 amide bonds. The molecule has 0 radical (unpaired) electrons. The highest BCUT2D eigenvalue weighted by molar-refractivity contribution is 6.06. The molecule has 26 heavy (non-hydrogen) atoms. The minimum Gasteiger partial charge on any atom is -0.462 e. The van der Waals surface area contributed by atoms with Gasteiger partial charge in [-0.25, -0.2) is 9.59 Å². The van der Waals surface area contributed by atoms with Crippen LogP contribution in [0, 0.1) is 6.92 Å². The number of esters is 2. The largest absolute Gasteiger partial charge is 0.462 e. The van der Waals surface area contributed by atoms with E-state index in [1.807, 2.05) is 37.3 Å². The van der Waals surface area contributed by atoms with Crippen LogP contribution in [0.2, 0.25) is 0 Å². The van der Waals surface area contributed by atoms with Crippen LogP contribution in [0.15, 0.2) is 30.3 Å². The number of ether oxygens (including phenoxy) is 3.